The molecule has 2 aliphatic heterocycles. The van der Waals surface area contributed by atoms with Crippen LogP contribution >= 0.6 is 0 Å². The Labute approximate surface area is 273 Å². The average Bonchev–Trinajstić information content (AvgIpc) is 3.29. The van der Waals surface area contributed by atoms with Gasteiger partial charge in [0.1, 0.15) is 17.2 Å². The lowest BCUT2D eigenvalue weighted by Crippen LogP contribution is -2.66. The van der Waals surface area contributed by atoms with Crippen LogP contribution in [0.2, 0.25) is 0 Å². The molecule has 2 fully saturated rings. The molecule has 0 N–H and O–H groups in total. The molecule has 2 aromatic carbocycles. The molecule has 5 rings (SSSR count). The Balaban J connectivity index is 1.84. The molecule has 1 spiro atoms. The SMILES string of the molecule is CCOC(=O)[C@@]12CC(=O)CC[C@@]13c1cc(OC)c(OC)cc1C[C@@H](C(=O)OC)N3C(=O)[C@H]2OC(=O)[C@@](OC)(c1ccccc1)C(F)(F)F. The van der Waals surface area contributed by atoms with E-state index >= 15 is 0 Å². The largest absolute Gasteiger partial charge is 0.493 e. The lowest BCUT2D eigenvalue weighted by molar-refractivity contribution is -0.279. The predicted octanol–water partition coefficient (Wildman–Crippen LogP) is 3.16. The van der Waals surface area contributed by atoms with Crippen LogP contribution < -0.4 is 9.47 Å². The summed E-state index contributed by atoms with van der Waals surface area (Å²) in [6.45, 7) is 1.18. The zero-order chi connectivity index (χ0) is 35.2. The summed E-state index contributed by atoms with van der Waals surface area (Å²) < 4.78 is 76.8. The van der Waals surface area contributed by atoms with Gasteiger partial charge in [0, 0.05) is 31.9 Å². The number of esters is 3. The number of Topliss-reactive ketones (excluding diaryl/α,β-unsaturated/α-hetero) is 1. The first-order chi connectivity index (χ1) is 22.7. The molecule has 0 aromatic heterocycles. The fraction of sp³-hybridized carbons (Fsp3) is 0.485. The first-order valence-electron chi connectivity index (χ1n) is 15.0. The van der Waals surface area contributed by atoms with Gasteiger partial charge in [-0.25, -0.2) is 9.59 Å². The van der Waals surface area contributed by atoms with Crippen LogP contribution in [0.3, 0.4) is 0 Å². The van der Waals surface area contributed by atoms with Crippen LogP contribution in [-0.4, -0.2) is 87.9 Å². The summed E-state index contributed by atoms with van der Waals surface area (Å²) in [7, 11) is 4.45. The molecule has 15 heteroatoms. The highest BCUT2D eigenvalue weighted by atomic mass is 19.4. The molecule has 0 unspecified atom stereocenters. The van der Waals surface area contributed by atoms with Gasteiger partial charge in [-0.15, -0.1) is 0 Å². The van der Waals surface area contributed by atoms with E-state index in [1.807, 2.05) is 0 Å². The zero-order valence-electron chi connectivity index (χ0n) is 26.8. The summed E-state index contributed by atoms with van der Waals surface area (Å²) in [6.07, 6.45) is -9.25. The highest BCUT2D eigenvalue weighted by Gasteiger charge is 2.80. The third kappa shape index (κ3) is 4.65. The van der Waals surface area contributed by atoms with E-state index in [0.29, 0.717) is 12.7 Å². The number of halogens is 3. The number of rotatable bonds is 9. The number of fused-ring (bicyclic) bond motifs is 1. The maximum absolute atomic E-state index is 15.0. The Bertz CT molecular complexity index is 1650. The van der Waals surface area contributed by atoms with Gasteiger partial charge in [0.05, 0.1) is 33.5 Å². The van der Waals surface area contributed by atoms with Gasteiger partial charge in [-0.1, -0.05) is 30.3 Å². The van der Waals surface area contributed by atoms with Gasteiger partial charge < -0.3 is 33.3 Å². The fourth-order valence-corrected chi connectivity index (χ4v) is 7.62. The molecule has 0 bridgehead atoms. The summed E-state index contributed by atoms with van der Waals surface area (Å²) in [6, 6.07) is 7.47. The summed E-state index contributed by atoms with van der Waals surface area (Å²) in [5.74, 6) is -5.53. The highest BCUT2D eigenvalue weighted by molar-refractivity contribution is 6.04. The van der Waals surface area contributed by atoms with E-state index in [2.05, 4.69) is 0 Å². The summed E-state index contributed by atoms with van der Waals surface area (Å²) in [5.41, 5.74) is -8.20. The number of alkyl halides is 3. The van der Waals surface area contributed by atoms with Crippen molar-refractivity contribution in [2.45, 2.75) is 62.1 Å². The number of carbonyl (C=O) groups excluding carboxylic acids is 5. The number of benzene rings is 2. The number of hydrogen-bond donors (Lipinski definition) is 0. The Hall–Kier alpha value is -4.66. The Morgan fingerprint density at radius 2 is 1.62 bits per heavy atom. The van der Waals surface area contributed by atoms with Crippen LogP contribution in [0.25, 0.3) is 0 Å². The van der Waals surface area contributed by atoms with Crippen LogP contribution in [-0.2, 0) is 60.5 Å². The van der Waals surface area contributed by atoms with Crippen molar-refractivity contribution in [3.05, 3.63) is 59.2 Å². The predicted molar refractivity (Wildman–Crippen MR) is 157 cm³/mol. The van der Waals surface area contributed by atoms with Gasteiger partial charge in [0.15, 0.2) is 17.6 Å². The maximum Gasteiger partial charge on any atom is 0.432 e. The van der Waals surface area contributed by atoms with Gasteiger partial charge in [-0.05, 0) is 36.6 Å². The Morgan fingerprint density at radius 3 is 2.19 bits per heavy atom. The van der Waals surface area contributed by atoms with Crippen molar-refractivity contribution in [1.29, 1.82) is 0 Å². The monoisotopic (exact) mass is 677 g/mol. The third-order valence-electron chi connectivity index (χ3n) is 9.59. The minimum atomic E-state index is -5.43. The second kappa shape index (κ2) is 12.4. The molecule has 2 heterocycles. The number of hydrogen-bond acceptors (Lipinski definition) is 11. The highest BCUT2D eigenvalue weighted by Crippen LogP contribution is 2.65. The topological polar surface area (TPSA) is 144 Å². The van der Waals surface area contributed by atoms with Crippen LogP contribution in [0.1, 0.15) is 42.9 Å². The molecular formula is C33H34F3NO11. The van der Waals surface area contributed by atoms with Gasteiger partial charge in [-0.3, -0.25) is 14.4 Å². The minimum Gasteiger partial charge on any atom is -0.493 e. The smallest absolute Gasteiger partial charge is 0.432 e. The van der Waals surface area contributed by atoms with Crippen molar-refractivity contribution in [1.82, 2.24) is 4.90 Å². The summed E-state index contributed by atoms with van der Waals surface area (Å²) in [5, 5.41) is 0. The van der Waals surface area contributed by atoms with Crippen molar-refractivity contribution in [3.63, 3.8) is 0 Å². The zero-order valence-corrected chi connectivity index (χ0v) is 26.8. The molecule has 5 atom stereocenters. The number of methoxy groups -OCH3 is 4. The average molecular weight is 678 g/mol. The molecular weight excluding hydrogens is 643 g/mol. The van der Waals surface area contributed by atoms with Crippen molar-refractivity contribution in [2.24, 2.45) is 5.41 Å². The number of ketones is 1. The molecule has 3 aliphatic rings. The minimum absolute atomic E-state index is 0.157. The van der Waals surface area contributed by atoms with Crippen molar-refractivity contribution < 1.29 is 65.6 Å². The van der Waals surface area contributed by atoms with Crippen molar-refractivity contribution >= 4 is 29.6 Å². The normalized spacial score (nSPS) is 26.0. The molecule has 1 aliphatic carbocycles. The Kier molecular flexibility index (Phi) is 8.97. The van der Waals surface area contributed by atoms with E-state index in [0.717, 1.165) is 24.1 Å². The van der Waals surface area contributed by atoms with Crippen LogP contribution in [0.5, 0.6) is 11.5 Å². The number of amides is 1. The Morgan fingerprint density at radius 1 is 0.979 bits per heavy atom. The maximum atomic E-state index is 15.0. The summed E-state index contributed by atoms with van der Waals surface area (Å²) >= 11 is 0. The van der Waals surface area contributed by atoms with Crippen molar-refractivity contribution in [2.75, 3.05) is 35.0 Å². The molecule has 2 aromatic rings. The third-order valence-corrected chi connectivity index (χ3v) is 9.59. The van der Waals surface area contributed by atoms with Gasteiger partial charge >= 0.3 is 24.1 Å². The molecule has 1 saturated heterocycles. The van der Waals surface area contributed by atoms with E-state index in [1.165, 1.54) is 45.4 Å². The van der Waals surface area contributed by atoms with Gasteiger partial charge in [-0.2, -0.15) is 13.2 Å². The van der Waals surface area contributed by atoms with E-state index in [9.17, 15) is 37.1 Å². The quantitative estimate of drug-likeness (QED) is 0.285. The second-order valence-corrected chi connectivity index (χ2v) is 11.6. The fourth-order valence-electron chi connectivity index (χ4n) is 7.62. The first kappa shape index (κ1) is 34.7. The van der Waals surface area contributed by atoms with Gasteiger partial charge in [0.2, 0.25) is 0 Å². The lowest BCUT2D eigenvalue weighted by Gasteiger charge is -2.55. The van der Waals surface area contributed by atoms with Gasteiger partial charge in [0.25, 0.3) is 11.5 Å². The van der Waals surface area contributed by atoms with E-state index < -0.39 is 76.5 Å². The van der Waals surface area contributed by atoms with E-state index in [4.69, 9.17) is 28.4 Å². The van der Waals surface area contributed by atoms with Crippen LogP contribution in [0.4, 0.5) is 13.2 Å². The summed E-state index contributed by atoms with van der Waals surface area (Å²) in [4.78, 5) is 70.9. The number of nitrogens with zero attached hydrogens (tertiary/aromatic N) is 1. The molecule has 48 heavy (non-hydrogen) atoms. The molecule has 1 amide bonds. The van der Waals surface area contributed by atoms with E-state index in [1.54, 1.807) is 6.07 Å². The van der Waals surface area contributed by atoms with Crippen LogP contribution in [0.15, 0.2) is 42.5 Å². The number of carbonyl (C=O) groups is 5. The first-order valence-corrected chi connectivity index (χ1v) is 15.0. The molecule has 12 nitrogen and oxygen atoms in total. The second-order valence-electron chi connectivity index (χ2n) is 11.6. The van der Waals surface area contributed by atoms with E-state index in [-0.39, 0.29) is 42.9 Å². The standard InChI is InChI=1S/C33H34F3NO11/c1-6-47-28(41)30-17-20(38)12-13-31(30)21-16-24(44-3)23(43-2)15-18(21)14-22(27(40)45-4)37(31)26(39)25(30)48-29(42)32(46-5,33(34,35)36)19-10-8-7-9-11-19/h7-11,15-16,22,25H,6,12-14,17H2,1-5H3/t22-,25+,30-,31+,32-/m0/s1. The van der Waals surface area contributed by atoms with Crippen LogP contribution in [0, 0.1) is 5.41 Å². The molecule has 0 radical (unpaired) electrons. The number of ether oxygens (including phenoxy) is 6. The molecule has 1 saturated carbocycles. The van der Waals surface area contributed by atoms with Crippen molar-refractivity contribution in [3.8, 4) is 11.5 Å². The lowest BCUT2D eigenvalue weighted by atomic mass is 9.55. The molecule has 258 valence electrons.